The molecule has 0 bridgehead atoms. The molecule has 0 atom stereocenters. The molecule has 0 saturated heterocycles. The Hall–Kier alpha value is -4.47. The summed E-state index contributed by atoms with van der Waals surface area (Å²) in [7, 11) is 1.59. The lowest BCUT2D eigenvalue weighted by molar-refractivity contribution is 0.282. The highest BCUT2D eigenvalue weighted by atomic mass is 79.9. The Balaban J connectivity index is 1.42. The zero-order valence-electron chi connectivity index (χ0n) is 23.1. The molecule has 0 unspecified atom stereocenters. The quantitative estimate of drug-likeness (QED) is 0.112. The van der Waals surface area contributed by atoms with Crippen LogP contribution in [0, 0.1) is 0 Å². The summed E-state index contributed by atoms with van der Waals surface area (Å²) >= 11 is 6.97. The van der Waals surface area contributed by atoms with Gasteiger partial charge in [-0.25, -0.2) is 4.98 Å². The Morgan fingerprint density at radius 1 is 1.00 bits per heavy atom. The van der Waals surface area contributed by atoms with Crippen LogP contribution >= 0.6 is 31.9 Å². The van der Waals surface area contributed by atoms with E-state index in [4.69, 9.17) is 18.9 Å². The van der Waals surface area contributed by atoms with Gasteiger partial charge in [-0.1, -0.05) is 62.2 Å². The lowest BCUT2D eigenvalue weighted by atomic mass is 10.1. The van der Waals surface area contributed by atoms with Gasteiger partial charge < -0.3 is 13.9 Å². The monoisotopic (exact) mass is 697 g/mol. The Bertz CT molecular complexity index is 2060. The maximum atomic E-state index is 13.7. The number of ether oxygens (including phenoxy) is 2. The zero-order valence-corrected chi connectivity index (χ0v) is 26.3. The van der Waals surface area contributed by atoms with Gasteiger partial charge in [-0.05, 0) is 78.2 Å². The standard InChI is InChI=1S/C34H25Br2N3O4/c1-3-6-23-15-22(16-30(41-2)32(23)42-20-21-9-11-25(35)12-10-21)19-37-39-33(38-28-8-5-4-7-27(28)34(39)40)31-18-24-17-26(36)13-14-29(24)43-31/h3-5,7-19H,1,6,20H2,2H3. The smallest absolute Gasteiger partial charge is 0.282 e. The number of methoxy groups -OCH3 is 1. The first-order chi connectivity index (χ1) is 20.9. The molecule has 0 fully saturated rings. The van der Waals surface area contributed by atoms with Gasteiger partial charge in [-0.15, -0.1) is 6.58 Å². The molecule has 0 radical (unpaired) electrons. The number of aromatic nitrogens is 2. The summed E-state index contributed by atoms with van der Waals surface area (Å²) in [5.41, 5.74) is 3.52. The van der Waals surface area contributed by atoms with Crippen LogP contribution in [-0.4, -0.2) is 23.0 Å². The van der Waals surface area contributed by atoms with Crippen molar-refractivity contribution in [3.05, 3.63) is 134 Å². The van der Waals surface area contributed by atoms with E-state index in [1.807, 2.05) is 66.7 Å². The largest absolute Gasteiger partial charge is 0.493 e. The number of rotatable bonds is 9. The number of furan rings is 1. The first-order valence-corrected chi connectivity index (χ1v) is 15.0. The number of hydrogen-bond donors (Lipinski definition) is 0. The van der Waals surface area contributed by atoms with Crippen molar-refractivity contribution in [3.63, 3.8) is 0 Å². The molecule has 0 saturated carbocycles. The number of benzene rings is 4. The van der Waals surface area contributed by atoms with Gasteiger partial charge in [0.2, 0.25) is 5.82 Å². The van der Waals surface area contributed by atoms with Crippen molar-refractivity contribution in [2.45, 2.75) is 13.0 Å². The van der Waals surface area contributed by atoms with Crippen LogP contribution in [0.25, 0.3) is 33.5 Å². The minimum atomic E-state index is -0.314. The Kier molecular flexibility index (Phi) is 8.26. The molecule has 6 aromatic rings. The van der Waals surface area contributed by atoms with Crippen LogP contribution in [0.15, 0.2) is 121 Å². The van der Waals surface area contributed by atoms with E-state index in [9.17, 15) is 4.79 Å². The van der Waals surface area contributed by atoms with E-state index in [1.165, 1.54) is 4.68 Å². The number of allylic oxidation sites excluding steroid dienone is 1. The number of fused-ring (bicyclic) bond motifs is 2. The molecule has 0 amide bonds. The third-order valence-electron chi connectivity index (χ3n) is 6.81. The predicted octanol–water partition coefficient (Wildman–Crippen LogP) is 8.53. The second-order valence-corrected chi connectivity index (χ2v) is 11.6. The van der Waals surface area contributed by atoms with Crippen LogP contribution < -0.4 is 15.0 Å². The van der Waals surface area contributed by atoms with Gasteiger partial charge >= 0.3 is 0 Å². The lowest BCUT2D eigenvalue weighted by Gasteiger charge is -2.16. The summed E-state index contributed by atoms with van der Waals surface area (Å²) in [6.07, 6.45) is 3.96. The van der Waals surface area contributed by atoms with Crippen LogP contribution in [0.1, 0.15) is 16.7 Å². The lowest BCUT2D eigenvalue weighted by Crippen LogP contribution is -2.20. The molecule has 0 aliphatic rings. The fourth-order valence-corrected chi connectivity index (χ4v) is 5.40. The van der Waals surface area contributed by atoms with Gasteiger partial charge in [-0.2, -0.15) is 9.78 Å². The Morgan fingerprint density at radius 2 is 1.79 bits per heavy atom. The van der Waals surface area contributed by atoms with Crippen LogP contribution in [0.4, 0.5) is 0 Å². The van der Waals surface area contributed by atoms with Crippen molar-refractivity contribution in [2.24, 2.45) is 5.10 Å². The van der Waals surface area contributed by atoms with E-state index in [-0.39, 0.29) is 5.56 Å². The summed E-state index contributed by atoms with van der Waals surface area (Å²) in [5.74, 6) is 1.89. The maximum absolute atomic E-state index is 13.7. The topological polar surface area (TPSA) is 78.9 Å². The van der Waals surface area contributed by atoms with E-state index < -0.39 is 0 Å². The number of halogens is 2. The molecule has 2 heterocycles. The molecule has 2 aromatic heterocycles. The molecule has 7 nitrogen and oxygen atoms in total. The minimum Gasteiger partial charge on any atom is -0.493 e. The average Bonchev–Trinajstić information content (AvgIpc) is 3.44. The molecular formula is C34H25Br2N3O4. The molecule has 43 heavy (non-hydrogen) atoms. The SMILES string of the molecule is C=CCc1cc(C=Nn2c(-c3cc4cc(Br)ccc4o3)nc3ccccc3c2=O)cc(OC)c1OCc1ccc(Br)cc1. The average molecular weight is 699 g/mol. The summed E-state index contributed by atoms with van der Waals surface area (Å²) < 4.78 is 21.2. The predicted molar refractivity (Wildman–Crippen MR) is 177 cm³/mol. The van der Waals surface area contributed by atoms with Crippen molar-refractivity contribution in [1.82, 2.24) is 9.66 Å². The van der Waals surface area contributed by atoms with Crippen LogP contribution in [0.3, 0.4) is 0 Å². The molecule has 0 spiro atoms. The molecule has 9 heteroatoms. The fourth-order valence-electron chi connectivity index (χ4n) is 4.76. The summed E-state index contributed by atoms with van der Waals surface area (Å²) in [4.78, 5) is 18.5. The van der Waals surface area contributed by atoms with Crippen LogP contribution in [0.5, 0.6) is 11.5 Å². The van der Waals surface area contributed by atoms with Gasteiger partial charge in [0.15, 0.2) is 17.3 Å². The summed E-state index contributed by atoms with van der Waals surface area (Å²) in [6, 6.07) is 26.5. The number of hydrogen-bond acceptors (Lipinski definition) is 6. The van der Waals surface area contributed by atoms with E-state index >= 15 is 0 Å². The minimum absolute atomic E-state index is 0.292. The highest BCUT2D eigenvalue weighted by molar-refractivity contribution is 9.10. The van der Waals surface area contributed by atoms with Crippen molar-refractivity contribution in [1.29, 1.82) is 0 Å². The highest BCUT2D eigenvalue weighted by Crippen LogP contribution is 2.34. The fraction of sp³-hybridized carbons (Fsp3) is 0.0882. The molecule has 6 rings (SSSR count). The van der Waals surface area contributed by atoms with Gasteiger partial charge in [0.1, 0.15) is 12.2 Å². The first kappa shape index (κ1) is 28.6. The summed E-state index contributed by atoms with van der Waals surface area (Å²) in [6.45, 7) is 4.28. The highest BCUT2D eigenvalue weighted by Gasteiger charge is 2.17. The van der Waals surface area contributed by atoms with E-state index in [0.29, 0.717) is 58.2 Å². The molecule has 4 aromatic carbocycles. The number of para-hydroxylation sites is 1. The second kappa shape index (κ2) is 12.4. The molecule has 0 N–H and O–H groups in total. The molecular weight excluding hydrogens is 674 g/mol. The maximum Gasteiger partial charge on any atom is 0.282 e. The van der Waals surface area contributed by atoms with Crippen molar-refractivity contribution >= 4 is 59.9 Å². The molecule has 214 valence electrons. The molecule has 0 aliphatic heterocycles. The van der Waals surface area contributed by atoms with Crippen LogP contribution in [-0.2, 0) is 13.0 Å². The van der Waals surface area contributed by atoms with E-state index in [2.05, 4.69) is 43.5 Å². The molecule has 0 aliphatic carbocycles. The zero-order chi connectivity index (χ0) is 29.9. The van der Waals surface area contributed by atoms with Gasteiger partial charge in [-0.3, -0.25) is 4.79 Å². The van der Waals surface area contributed by atoms with Gasteiger partial charge in [0, 0.05) is 19.9 Å². The Morgan fingerprint density at radius 3 is 2.58 bits per heavy atom. The normalized spacial score (nSPS) is 11.4. The Labute approximate surface area is 264 Å². The van der Waals surface area contributed by atoms with Crippen molar-refractivity contribution in [3.8, 4) is 23.1 Å². The summed E-state index contributed by atoms with van der Waals surface area (Å²) in [5, 5.41) is 5.94. The number of nitrogens with zero attached hydrogens (tertiary/aromatic N) is 3. The van der Waals surface area contributed by atoms with Crippen LogP contribution in [0.2, 0.25) is 0 Å². The second-order valence-electron chi connectivity index (χ2n) is 9.73. The third kappa shape index (κ3) is 6.04. The van der Waals surface area contributed by atoms with Crippen molar-refractivity contribution < 1.29 is 13.9 Å². The van der Waals surface area contributed by atoms with Gasteiger partial charge in [0.05, 0.1) is 24.2 Å². The van der Waals surface area contributed by atoms with E-state index in [0.717, 1.165) is 25.5 Å². The van der Waals surface area contributed by atoms with Crippen molar-refractivity contribution in [2.75, 3.05) is 7.11 Å². The first-order valence-electron chi connectivity index (χ1n) is 13.4. The third-order valence-corrected chi connectivity index (χ3v) is 7.83. The van der Waals surface area contributed by atoms with Gasteiger partial charge in [0.25, 0.3) is 5.56 Å². The van der Waals surface area contributed by atoms with E-state index in [1.54, 1.807) is 37.6 Å².